The first-order valence-corrected chi connectivity index (χ1v) is 14.1. The number of hydrogen-bond acceptors (Lipinski definition) is 2. The van der Waals surface area contributed by atoms with Crippen LogP contribution in [0, 0.1) is 0 Å². The van der Waals surface area contributed by atoms with E-state index < -0.39 is 25.9 Å². The van der Waals surface area contributed by atoms with Crippen LogP contribution in [0.3, 0.4) is 0 Å². The Kier molecular flexibility index (Phi) is 5.69. The Morgan fingerprint density at radius 1 is 1.11 bits per heavy atom. The molecule has 0 fully saturated rings. The van der Waals surface area contributed by atoms with E-state index in [1.807, 2.05) is 29.6 Å². The lowest BCUT2D eigenvalue weighted by Crippen LogP contribution is -2.58. The molecule has 0 aliphatic heterocycles. The molecule has 1 aromatic carbocycles. The van der Waals surface area contributed by atoms with Gasteiger partial charge in [-0.15, -0.1) is 13.2 Å². The van der Waals surface area contributed by atoms with E-state index in [1.54, 1.807) is 0 Å². The second-order valence-corrected chi connectivity index (χ2v) is 15.0. The zero-order chi connectivity index (χ0) is 14.5. The van der Waals surface area contributed by atoms with Gasteiger partial charge in [-0.2, -0.15) is 0 Å². The molecule has 0 N–H and O–H groups in total. The van der Waals surface area contributed by atoms with Gasteiger partial charge in [0.25, 0.3) is 0 Å². The smallest absolute Gasteiger partial charge is 0.349 e. The lowest BCUT2D eigenvalue weighted by molar-refractivity contribution is 0.418. The van der Waals surface area contributed by atoms with Crippen LogP contribution in [-0.4, -0.2) is 25.9 Å². The molecule has 1 aromatic rings. The fourth-order valence-corrected chi connectivity index (χ4v) is 11.8. The predicted octanol–water partition coefficient (Wildman–Crippen LogP) is 3.01. The highest BCUT2D eigenvalue weighted by Gasteiger charge is 2.40. The molecule has 0 amide bonds. The molecule has 0 radical (unpaired) electrons. The van der Waals surface area contributed by atoms with Crippen LogP contribution in [0.4, 0.5) is 0 Å². The van der Waals surface area contributed by atoms with Crippen molar-refractivity contribution in [2.24, 2.45) is 0 Å². The van der Waals surface area contributed by atoms with Crippen LogP contribution in [0.15, 0.2) is 54.9 Å². The minimum Gasteiger partial charge on any atom is -0.432 e. The molecular formula is C14H24O2Si3. The Labute approximate surface area is 120 Å². The fourth-order valence-electron chi connectivity index (χ4n) is 1.84. The summed E-state index contributed by atoms with van der Waals surface area (Å²) in [5, 5.41) is 1.18. The monoisotopic (exact) mass is 308 g/mol. The van der Waals surface area contributed by atoms with Crippen molar-refractivity contribution in [3.8, 4) is 0 Å². The van der Waals surface area contributed by atoms with Gasteiger partial charge in [0, 0.05) is 0 Å². The largest absolute Gasteiger partial charge is 0.432 e. The molecule has 0 heterocycles. The van der Waals surface area contributed by atoms with Crippen LogP contribution in [-0.2, 0) is 8.23 Å². The van der Waals surface area contributed by atoms with Gasteiger partial charge in [0.2, 0.25) is 0 Å². The SMILES string of the molecule is C=C[SiH](C)O[Si](C)(O[Si](C)(C)C=C)c1ccccc1. The first-order valence-electron chi connectivity index (χ1n) is 6.52. The maximum atomic E-state index is 6.46. The Balaban J connectivity index is 3.10. The summed E-state index contributed by atoms with van der Waals surface area (Å²) >= 11 is 0. The topological polar surface area (TPSA) is 18.5 Å². The van der Waals surface area contributed by atoms with Gasteiger partial charge in [-0.1, -0.05) is 41.7 Å². The highest BCUT2D eigenvalue weighted by Crippen LogP contribution is 2.18. The Bertz CT molecular complexity index is 434. The molecule has 2 unspecified atom stereocenters. The Hall–Kier alpha value is -0.729. The molecule has 5 heteroatoms. The molecule has 1 rings (SSSR count). The van der Waals surface area contributed by atoms with Crippen molar-refractivity contribution >= 4 is 31.1 Å². The minimum absolute atomic E-state index is 1.18. The van der Waals surface area contributed by atoms with Gasteiger partial charge < -0.3 is 8.23 Å². The maximum Gasteiger partial charge on any atom is 0.349 e. The minimum atomic E-state index is -2.39. The molecule has 0 aliphatic rings. The summed E-state index contributed by atoms with van der Waals surface area (Å²) in [4.78, 5) is 0. The van der Waals surface area contributed by atoms with Crippen molar-refractivity contribution in [3.63, 3.8) is 0 Å². The molecular weight excluding hydrogens is 284 g/mol. The number of benzene rings is 1. The van der Waals surface area contributed by atoms with Crippen LogP contribution < -0.4 is 5.19 Å². The predicted molar refractivity (Wildman–Crippen MR) is 90.8 cm³/mol. The van der Waals surface area contributed by atoms with Gasteiger partial charge in [-0.25, -0.2) is 0 Å². The van der Waals surface area contributed by atoms with E-state index in [9.17, 15) is 0 Å². The van der Waals surface area contributed by atoms with Crippen LogP contribution in [0.2, 0.25) is 26.2 Å². The molecule has 0 saturated carbocycles. The molecule has 19 heavy (non-hydrogen) atoms. The van der Waals surface area contributed by atoms with Gasteiger partial charge >= 0.3 is 8.56 Å². The summed E-state index contributed by atoms with van der Waals surface area (Å²) in [6, 6.07) is 10.3. The van der Waals surface area contributed by atoms with E-state index in [2.05, 4.69) is 51.5 Å². The quantitative estimate of drug-likeness (QED) is 0.721. The van der Waals surface area contributed by atoms with E-state index >= 15 is 0 Å². The van der Waals surface area contributed by atoms with Crippen molar-refractivity contribution in [1.82, 2.24) is 0 Å². The normalized spacial score (nSPS) is 16.4. The van der Waals surface area contributed by atoms with E-state index in [4.69, 9.17) is 8.23 Å². The third-order valence-corrected chi connectivity index (χ3v) is 13.0. The summed E-state index contributed by atoms with van der Waals surface area (Å²) in [7, 11) is -5.66. The first-order chi connectivity index (χ1) is 8.83. The van der Waals surface area contributed by atoms with Crippen molar-refractivity contribution in [2.75, 3.05) is 0 Å². The van der Waals surface area contributed by atoms with Crippen LogP contribution in [0.5, 0.6) is 0 Å². The third kappa shape index (κ3) is 4.70. The van der Waals surface area contributed by atoms with Crippen LogP contribution in [0.1, 0.15) is 0 Å². The van der Waals surface area contributed by atoms with E-state index in [0.717, 1.165) is 0 Å². The molecule has 0 aromatic heterocycles. The molecule has 104 valence electrons. The lowest BCUT2D eigenvalue weighted by Gasteiger charge is -2.36. The van der Waals surface area contributed by atoms with Crippen LogP contribution >= 0.6 is 0 Å². The summed E-state index contributed by atoms with van der Waals surface area (Å²) in [5.41, 5.74) is 3.91. The molecule has 0 saturated heterocycles. The maximum absolute atomic E-state index is 6.46. The van der Waals surface area contributed by atoms with E-state index in [1.165, 1.54) is 5.19 Å². The summed E-state index contributed by atoms with van der Waals surface area (Å²) in [6.07, 6.45) is 0. The zero-order valence-electron chi connectivity index (χ0n) is 12.3. The summed E-state index contributed by atoms with van der Waals surface area (Å²) in [5.74, 6) is 0. The van der Waals surface area contributed by atoms with Crippen molar-refractivity contribution in [2.45, 2.75) is 26.2 Å². The standard InChI is InChI=1S/C14H24O2Si3/c1-7-17(3)15-19(6,16-18(4,5)8-2)14-12-10-9-11-13-14/h7-13,17H,1-2H2,3-6H3. The van der Waals surface area contributed by atoms with Crippen LogP contribution in [0.25, 0.3) is 0 Å². The Morgan fingerprint density at radius 2 is 1.68 bits per heavy atom. The first kappa shape index (κ1) is 16.3. The molecule has 2 nitrogen and oxygen atoms in total. The lowest BCUT2D eigenvalue weighted by atomic mass is 10.4. The van der Waals surface area contributed by atoms with Gasteiger partial charge in [0.1, 0.15) is 0 Å². The zero-order valence-corrected chi connectivity index (χ0v) is 15.5. The van der Waals surface area contributed by atoms with Crippen molar-refractivity contribution in [1.29, 1.82) is 0 Å². The second-order valence-electron chi connectivity index (χ2n) is 5.28. The molecule has 0 bridgehead atoms. The average Bonchev–Trinajstić information content (AvgIpc) is 2.39. The van der Waals surface area contributed by atoms with Gasteiger partial charge in [-0.3, -0.25) is 0 Å². The third-order valence-electron chi connectivity index (χ3n) is 2.99. The Morgan fingerprint density at radius 3 is 2.16 bits per heavy atom. The second kappa shape index (κ2) is 6.62. The fraction of sp³-hybridized carbons (Fsp3) is 0.286. The van der Waals surface area contributed by atoms with Gasteiger partial charge in [0.05, 0.1) is 0 Å². The summed E-state index contributed by atoms with van der Waals surface area (Å²) < 4.78 is 12.8. The molecule has 0 spiro atoms. The number of hydrogen-bond donors (Lipinski definition) is 0. The average molecular weight is 309 g/mol. The van der Waals surface area contributed by atoms with Gasteiger partial charge in [0.15, 0.2) is 17.4 Å². The molecule has 2 atom stereocenters. The summed E-state index contributed by atoms with van der Waals surface area (Å²) in [6.45, 7) is 16.3. The highest BCUT2D eigenvalue weighted by molar-refractivity contribution is 6.93. The molecule has 0 aliphatic carbocycles. The van der Waals surface area contributed by atoms with Gasteiger partial charge in [-0.05, 0) is 31.4 Å². The van der Waals surface area contributed by atoms with Crippen molar-refractivity contribution < 1.29 is 8.23 Å². The number of rotatable bonds is 7. The van der Waals surface area contributed by atoms with E-state index in [0.29, 0.717) is 0 Å². The van der Waals surface area contributed by atoms with Crippen molar-refractivity contribution in [3.05, 3.63) is 54.9 Å². The van der Waals surface area contributed by atoms with E-state index in [-0.39, 0.29) is 0 Å². The highest BCUT2D eigenvalue weighted by atomic mass is 28.5.